The first-order chi connectivity index (χ1) is 22.3. The molecule has 0 fully saturated rings. The lowest BCUT2D eigenvalue weighted by molar-refractivity contribution is 0.628. The van der Waals surface area contributed by atoms with Crippen molar-refractivity contribution in [2.75, 3.05) is 0 Å². The number of nitrogens with zero attached hydrogens (tertiary/aromatic N) is 3. The van der Waals surface area contributed by atoms with E-state index in [2.05, 4.69) is 132 Å². The van der Waals surface area contributed by atoms with E-state index < -0.39 is 5.41 Å². The molecule has 4 heteroatoms. The van der Waals surface area contributed by atoms with Gasteiger partial charge in [-0.1, -0.05) is 103 Å². The summed E-state index contributed by atoms with van der Waals surface area (Å²) in [6.07, 6.45) is 0. The van der Waals surface area contributed by atoms with Gasteiger partial charge in [-0.15, -0.1) is 0 Å². The highest BCUT2D eigenvalue weighted by atomic mass is 16.3. The predicted octanol–water partition coefficient (Wildman–Crippen LogP) is 9.79. The quantitative estimate of drug-likeness (QED) is 0.196. The Morgan fingerprint density at radius 1 is 0.533 bits per heavy atom. The third-order valence-corrected chi connectivity index (χ3v) is 9.99. The Morgan fingerprint density at radius 2 is 1.20 bits per heavy atom. The van der Waals surface area contributed by atoms with Gasteiger partial charge in [0.05, 0.1) is 22.0 Å². The van der Waals surface area contributed by atoms with Crippen LogP contribution in [0.3, 0.4) is 0 Å². The second kappa shape index (κ2) is 8.13. The Morgan fingerprint density at radius 3 is 2.02 bits per heavy atom. The van der Waals surface area contributed by atoms with E-state index in [0.717, 1.165) is 61.3 Å². The molecule has 4 nitrogen and oxygen atoms in total. The maximum absolute atomic E-state index is 6.74. The van der Waals surface area contributed by atoms with Gasteiger partial charge in [-0.05, 0) is 64.2 Å². The van der Waals surface area contributed by atoms with Crippen molar-refractivity contribution in [1.82, 2.24) is 14.4 Å². The Hall–Kier alpha value is -6.00. The van der Waals surface area contributed by atoms with Crippen molar-refractivity contribution in [3.63, 3.8) is 0 Å². The molecular formula is C41H23N3O. The number of furan rings is 1. The van der Waals surface area contributed by atoms with Gasteiger partial charge in [0, 0.05) is 27.5 Å². The fourth-order valence-electron chi connectivity index (χ4n) is 8.27. The highest BCUT2D eigenvalue weighted by Crippen LogP contribution is 2.65. The summed E-state index contributed by atoms with van der Waals surface area (Å²) in [7, 11) is 0. The Balaban J connectivity index is 1.30. The summed E-state index contributed by atoms with van der Waals surface area (Å²) in [5.74, 6) is 1.83. The molecule has 45 heavy (non-hydrogen) atoms. The summed E-state index contributed by atoms with van der Waals surface area (Å²) in [6.45, 7) is 0. The zero-order valence-corrected chi connectivity index (χ0v) is 24.0. The fraction of sp³-hybridized carbons (Fsp3) is 0.0244. The summed E-state index contributed by atoms with van der Waals surface area (Å²) < 4.78 is 8.97. The van der Waals surface area contributed by atoms with Crippen molar-refractivity contribution in [2.45, 2.75) is 5.41 Å². The van der Waals surface area contributed by atoms with E-state index in [1.807, 2.05) is 12.1 Å². The predicted molar refractivity (Wildman–Crippen MR) is 180 cm³/mol. The van der Waals surface area contributed by atoms with Gasteiger partial charge in [-0.25, -0.2) is 9.97 Å². The van der Waals surface area contributed by atoms with Crippen molar-refractivity contribution in [3.8, 4) is 33.8 Å². The van der Waals surface area contributed by atoms with E-state index in [4.69, 9.17) is 14.4 Å². The lowest BCUT2D eigenvalue weighted by Gasteiger charge is -2.30. The van der Waals surface area contributed by atoms with Gasteiger partial charge < -0.3 is 4.42 Å². The molecular weight excluding hydrogens is 550 g/mol. The molecule has 9 aromatic rings. The standard InChI is InChI=1S/C41H23N3O/c1-5-15-30-25(11-1)26-12-2-6-16-31(26)41(30)32-23-24(21-22-27(32)38-37(41)29-14-4-10-20-36(29)45-38)39-42-33-17-7-3-13-28(33)40-43-34-18-8-9-19-35(34)44(39)40/h1-23H. The second-order valence-corrected chi connectivity index (χ2v) is 12.1. The maximum Gasteiger partial charge on any atom is 0.149 e. The summed E-state index contributed by atoms with van der Waals surface area (Å²) in [5, 5.41) is 2.20. The minimum absolute atomic E-state index is 0.520. The summed E-state index contributed by atoms with van der Waals surface area (Å²) in [4.78, 5) is 10.4. The molecule has 3 heterocycles. The van der Waals surface area contributed by atoms with Crippen LogP contribution in [0, 0.1) is 0 Å². The Bertz CT molecular complexity index is 2680. The molecule has 1 spiro atoms. The average Bonchev–Trinajstić information content (AvgIpc) is 3.83. The molecule has 6 aromatic carbocycles. The zero-order chi connectivity index (χ0) is 29.3. The van der Waals surface area contributed by atoms with E-state index >= 15 is 0 Å². The summed E-state index contributed by atoms with van der Waals surface area (Å²) in [5.41, 5.74) is 14.0. The number of para-hydroxylation sites is 4. The minimum Gasteiger partial charge on any atom is -0.456 e. The van der Waals surface area contributed by atoms with Crippen molar-refractivity contribution in [1.29, 1.82) is 0 Å². The van der Waals surface area contributed by atoms with Crippen molar-refractivity contribution >= 4 is 38.6 Å². The third-order valence-electron chi connectivity index (χ3n) is 9.99. The molecule has 0 unspecified atom stereocenters. The molecule has 0 radical (unpaired) electrons. The lowest BCUT2D eigenvalue weighted by Crippen LogP contribution is -2.26. The highest BCUT2D eigenvalue weighted by Gasteiger charge is 2.54. The monoisotopic (exact) mass is 573 g/mol. The van der Waals surface area contributed by atoms with Crippen LogP contribution in [0.15, 0.2) is 144 Å². The van der Waals surface area contributed by atoms with Crippen LogP contribution in [0.2, 0.25) is 0 Å². The molecule has 11 rings (SSSR count). The van der Waals surface area contributed by atoms with Gasteiger partial charge in [-0.3, -0.25) is 4.40 Å². The fourth-order valence-corrected chi connectivity index (χ4v) is 8.27. The van der Waals surface area contributed by atoms with E-state index in [1.54, 1.807) is 0 Å². The molecule has 208 valence electrons. The van der Waals surface area contributed by atoms with Crippen LogP contribution in [0.25, 0.3) is 72.4 Å². The molecule has 0 aliphatic heterocycles. The number of aromatic nitrogens is 3. The van der Waals surface area contributed by atoms with Gasteiger partial charge >= 0.3 is 0 Å². The summed E-state index contributed by atoms with van der Waals surface area (Å²) in [6, 6.07) is 49.7. The van der Waals surface area contributed by atoms with Crippen LogP contribution >= 0.6 is 0 Å². The largest absolute Gasteiger partial charge is 0.456 e. The SMILES string of the molecule is c1ccc2c(c1)-c1ccccc1C21c2cc(-c3nc4ccccc4c4nc5ccccc5n34)ccc2-c2oc3ccccc3c21. The number of hydrogen-bond donors (Lipinski definition) is 0. The van der Waals surface area contributed by atoms with Crippen molar-refractivity contribution < 1.29 is 4.42 Å². The number of hydrogen-bond acceptors (Lipinski definition) is 3. The first-order valence-corrected chi connectivity index (χ1v) is 15.3. The topological polar surface area (TPSA) is 43.3 Å². The molecule has 0 bridgehead atoms. The Labute approximate surface area is 257 Å². The molecule has 2 aliphatic carbocycles. The highest BCUT2D eigenvalue weighted by molar-refractivity contribution is 6.03. The average molecular weight is 574 g/mol. The van der Waals surface area contributed by atoms with Crippen LogP contribution < -0.4 is 0 Å². The zero-order valence-electron chi connectivity index (χ0n) is 24.0. The molecule has 2 aliphatic rings. The molecule has 0 atom stereocenters. The van der Waals surface area contributed by atoms with Crippen LogP contribution in [-0.2, 0) is 5.41 Å². The number of benzene rings is 6. The number of fused-ring (bicyclic) bond motifs is 17. The van der Waals surface area contributed by atoms with Gasteiger partial charge in [0.1, 0.15) is 22.8 Å². The number of rotatable bonds is 1. The van der Waals surface area contributed by atoms with Gasteiger partial charge in [0.2, 0.25) is 0 Å². The van der Waals surface area contributed by atoms with E-state index in [0.29, 0.717) is 0 Å². The maximum atomic E-state index is 6.74. The Kier molecular flexibility index (Phi) is 4.24. The van der Waals surface area contributed by atoms with Gasteiger partial charge in [0.25, 0.3) is 0 Å². The normalized spacial score (nSPS) is 14.0. The molecule has 0 N–H and O–H groups in total. The van der Waals surface area contributed by atoms with Crippen LogP contribution in [0.4, 0.5) is 0 Å². The lowest BCUT2D eigenvalue weighted by atomic mass is 9.70. The smallest absolute Gasteiger partial charge is 0.149 e. The summed E-state index contributed by atoms with van der Waals surface area (Å²) >= 11 is 0. The molecule has 0 amide bonds. The van der Waals surface area contributed by atoms with Crippen LogP contribution in [0.1, 0.15) is 22.3 Å². The molecule has 0 saturated heterocycles. The van der Waals surface area contributed by atoms with E-state index in [-0.39, 0.29) is 0 Å². The van der Waals surface area contributed by atoms with Gasteiger partial charge in [0.15, 0.2) is 0 Å². The molecule has 0 saturated carbocycles. The van der Waals surface area contributed by atoms with Crippen LogP contribution in [-0.4, -0.2) is 14.4 Å². The second-order valence-electron chi connectivity index (χ2n) is 12.1. The van der Waals surface area contributed by atoms with Crippen molar-refractivity contribution in [3.05, 3.63) is 162 Å². The number of imidazole rings is 1. The van der Waals surface area contributed by atoms with E-state index in [1.165, 1.54) is 33.4 Å². The first kappa shape index (κ1) is 23.5. The van der Waals surface area contributed by atoms with E-state index in [9.17, 15) is 0 Å². The minimum atomic E-state index is -0.520. The van der Waals surface area contributed by atoms with Crippen molar-refractivity contribution in [2.24, 2.45) is 0 Å². The van der Waals surface area contributed by atoms with Crippen LogP contribution in [0.5, 0.6) is 0 Å². The third kappa shape index (κ3) is 2.74. The first-order valence-electron chi connectivity index (χ1n) is 15.3. The molecule has 3 aromatic heterocycles. The van der Waals surface area contributed by atoms with Gasteiger partial charge in [-0.2, -0.15) is 0 Å².